The molecule has 1 N–H and O–H groups in total. The van der Waals surface area contributed by atoms with Crippen molar-refractivity contribution in [1.29, 1.82) is 0 Å². The second kappa shape index (κ2) is 9.80. The fourth-order valence-corrected chi connectivity index (χ4v) is 3.26. The Labute approximate surface area is 160 Å². The van der Waals surface area contributed by atoms with Crippen LogP contribution >= 0.6 is 0 Å². The molecule has 0 aliphatic carbocycles. The van der Waals surface area contributed by atoms with E-state index in [1.807, 2.05) is 30.3 Å². The van der Waals surface area contributed by atoms with Gasteiger partial charge in [0.05, 0.1) is 25.8 Å². The number of aliphatic imine (C=N–C) groups is 1. The van der Waals surface area contributed by atoms with Gasteiger partial charge in [-0.3, -0.25) is 4.79 Å². The standard InChI is InChI=1S/C21H27N3O3/c1-26-20(25)18-10-13-24(14-11-18)21(22-12-9-19-8-5-15-27-19)23-16-17-6-3-2-4-7-17/h2-8,15,18H,9-14,16H2,1H3,(H,22,23). The van der Waals surface area contributed by atoms with E-state index >= 15 is 0 Å². The van der Waals surface area contributed by atoms with Gasteiger partial charge in [0.25, 0.3) is 0 Å². The zero-order valence-electron chi connectivity index (χ0n) is 15.8. The highest BCUT2D eigenvalue weighted by Gasteiger charge is 2.27. The van der Waals surface area contributed by atoms with Gasteiger partial charge in [-0.05, 0) is 30.5 Å². The van der Waals surface area contributed by atoms with Crippen LogP contribution in [0.15, 0.2) is 58.1 Å². The quantitative estimate of drug-likeness (QED) is 0.482. The van der Waals surface area contributed by atoms with Gasteiger partial charge in [-0.2, -0.15) is 0 Å². The van der Waals surface area contributed by atoms with E-state index in [-0.39, 0.29) is 11.9 Å². The SMILES string of the molecule is COC(=O)C1CCN(C(=NCc2ccccc2)NCCc2ccco2)CC1. The maximum absolute atomic E-state index is 11.8. The Bertz CT molecular complexity index is 720. The molecule has 0 spiro atoms. The number of furan rings is 1. The summed E-state index contributed by atoms with van der Waals surface area (Å²) in [7, 11) is 1.46. The number of esters is 1. The Morgan fingerprint density at radius 3 is 2.67 bits per heavy atom. The topological polar surface area (TPSA) is 67.1 Å². The number of likely N-dealkylation sites (tertiary alicyclic amines) is 1. The van der Waals surface area contributed by atoms with Gasteiger partial charge in [-0.25, -0.2) is 4.99 Å². The molecule has 2 aromatic rings. The minimum absolute atomic E-state index is 0.00950. The molecule has 1 aliphatic heterocycles. The van der Waals surface area contributed by atoms with Crippen LogP contribution in [0.3, 0.4) is 0 Å². The van der Waals surface area contributed by atoms with Crippen molar-refractivity contribution in [1.82, 2.24) is 10.2 Å². The minimum atomic E-state index is -0.108. The third kappa shape index (κ3) is 5.61. The van der Waals surface area contributed by atoms with Crippen molar-refractivity contribution in [2.75, 3.05) is 26.7 Å². The molecule has 0 atom stereocenters. The van der Waals surface area contributed by atoms with Crippen LogP contribution in [0.4, 0.5) is 0 Å². The smallest absolute Gasteiger partial charge is 0.308 e. The van der Waals surface area contributed by atoms with E-state index in [0.717, 1.165) is 50.6 Å². The molecule has 0 radical (unpaired) electrons. The lowest BCUT2D eigenvalue weighted by molar-refractivity contribution is -0.146. The highest BCUT2D eigenvalue weighted by molar-refractivity contribution is 5.80. The summed E-state index contributed by atoms with van der Waals surface area (Å²) in [4.78, 5) is 18.8. The zero-order chi connectivity index (χ0) is 18.9. The second-order valence-electron chi connectivity index (χ2n) is 6.67. The lowest BCUT2D eigenvalue weighted by Gasteiger charge is -2.33. The highest BCUT2D eigenvalue weighted by atomic mass is 16.5. The van der Waals surface area contributed by atoms with Gasteiger partial charge < -0.3 is 19.4 Å². The van der Waals surface area contributed by atoms with Crippen molar-refractivity contribution in [2.24, 2.45) is 10.9 Å². The van der Waals surface area contributed by atoms with Gasteiger partial charge in [0, 0.05) is 26.1 Å². The Morgan fingerprint density at radius 2 is 2.00 bits per heavy atom. The first-order chi connectivity index (χ1) is 13.3. The third-order valence-electron chi connectivity index (χ3n) is 4.82. The number of benzene rings is 1. The molecule has 0 bridgehead atoms. The van der Waals surface area contributed by atoms with E-state index in [4.69, 9.17) is 14.1 Å². The molecule has 1 fully saturated rings. The van der Waals surface area contributed by atoms with E-state index in [1.54, 1.807) is 6.26 Å². The predicted octanol–water partition coefficient (Wildman–Crippen LogP) is 2.85. The molecule has 1 aromatic heterocycles. The molecule has 6 nitrogen and oxygen atoms in total. The fraction of sp³-hybridized carbons (Fsp3) is 0.429. The molecule has 6 heteroatoms. The van der Waals surface area contributed by atoms with Crippen LogP contribution in [0.5, 0.6) is 0 Å². The number of ether oxygens (including phenoxy) is 1. The van der Waals surface area contributed by atoms with Gasteiger partial charge in [0.2, 0.25) is 0 Å². The van der Waals surface area contributed by atoms with Crippen molar-refractivity contribution in [3.8, 4) is 0 Å². The highest BCUT2D eigenvalue weighted by Crippen LogP contribution is 2.18. The Kier molecular flexibility index (Phi) is 6.90. The first-order valence-electron chi connectivity index (χ1n) is 9.43. The molecule has 0 amide bonds. The number of carbonyl (C=O) groups is 1. The summed E-state index contributed by atoms with van der Waals surface area (Å²) >= 11 is 0. The Hall–Kier alpha value is -2.76. The summed E-state index contributed by atoms with van der Waals surface area (Å²) in [6, 6.07) is 14.1. The summed E-state index contributed by atoms with van der Waals surface area (Å²) in [6.07, 6.45) is 4.07. The molecule has 1 aromatic carbocycles. The van der Waals surface area contributed by atoms with Crippen LogP contribution in [-0.4, -0.2) is 43.6 Å². The fourth-order valence-electron chi connectivity index (χ4n) is 3.26. The molecule has 1 saturated heterocycles. The lowest BCUT2D eigenvalue weighted by Crippen LogP contribution is -2.47. The largest absolute Gasteiger partial charge is 0.469 e. The second-order valence-corrected chi connectivity index (χ2v) is 6.67. The number of methoxy groups -OCH3 is 1. The molecule has 1 aliphatic rings. The normalized spacial score (nSPS) is 15.6. The van der Waals surface area contributed by atoms with Gasteiger partial charge in [-0.15, -0.1) is 0 Å². The van der Waals surface area contributed by atoms with Gasteiger partial charge in [0.15, 0.2) is 5.96 Å². The van der Waals surface area contributed by atoms with Crippen molar-refractivity contribution in [2.45, 2.75) is 25.8 Å². The Balaban J connectivity index is 1.61. The van der Waals surface area contributed by atoms with Crippen LogP contribution < -0.4 is 5.32 Å². The zero-order valence-corrected chi connectivity index (χ0v) is 15.8. The van der Waals surface area contributed by atoms with Gasteiger partial charge in [0.1, 0.15) is 5.76 Å². The number of piperidine rings is 1. The number of hydrogen-bond donors (Lipinski definition) is 1. The first-order valence-corrected chi connectivity index (χ1v) is 9.43. The number of nitrogens with zero attached hydrogens (tertiary/aromatic N) is 2. The third-order valence-corrected chi connectivity index (χ3v) is 4.82. The first kappa shape index (κ1) is 19.0. The van der Waals surface area contributed by atoms with E-state index in [2.05, 4.69) is 22.3 Å². The summed E-state index contributed by atoms with van der Waals surface area (Å²) < 4.78 is 10.3. The molecule has 2 heterocycles. The number of nitrogens with one attached hydrogen (secondary N) is 1. The van der Waals surface area contributed by atoms with E-state index in [1.165, 1.54) is 12.7 Å². The summed E-state index contributed by atoms with van der Waals surface area (Å²) in [6.45, 7) is 2.96. The number of guanidine groups is 1. The van der Waals surface area contributed by atoms with Crippen LogP contribution in [0.2, 0.25) is 0 Å². The van der Waals surface area contributed by atoms with E-state index < -0.39 is 0 Å². The van der Waals surface area contributed by atoms with Crippen LogP contribution in [0, 0.1) is 5.92 Å². The molecule has 3 rings (SSSR count). The van der Waals surface area contributed by atoms with Crippen molar-refractivity contribution in [3.63, 3.8) is 0 Å². The predicted molar refractivity (Wildman–Crippen MR) is 104 cm³/mol. The maximum Gasteiger partial charge on any atom is 0.308 e. The number of hydrogen-bond acceptors (Lipinski definition) is 4. The molecule has 144 valence electrons. The molecular weight excluding hydrogens is 342 g/mol. The van der Waals surface area contributed by atoms with E-state index in [0.29, 0.717) is 6.54 Å². The van der Waals surface area contributed by atoms with Crippen molar-refractivity contribution >= 4 is 11.9 Å². The monoisotopic (exact) mass is 369 g/mol. The van der Waals surface area contributed by atoms with Gasteiger partial charge in [-0.1, -0.05) is 30.3 Å². The number of carbonyl (C=O) groups excluding carboxylic acids is 1. The molecular formula is C21H27N3O3. The summed E-state index contributed by atoms with van der Waals surface area (Å²) in [5, 5.41) is 3.46. The summed E-state index contributed by atoms with van der Waals surface area (Å²) in [5.41, 5.74) is 1.17. The number of rotatable bonds is 6. The molecule has 0 saturated carbocycles. The van der Waals surface area contributed by atoms with Gasteiger partial charge >= 0.3 is 5.97 Å². The molecule has 0 unspecified atom stereocenters. The van der Waals surface area contributed by atoms with Crippen LogP contribution in [0.25, 0.3) is 0 Å². The minimum Gasteiger partial charge on any atom is -0.469 e. The van der Waals surface area contributed by atoms with E-state index in [9.17, 15) is 4.79 Å². The van der Waals surface area contributed by atoms with Crippen molar-refractivity contribution in [3.05, 3.63) is 60.1 Å². The average molecular weight is 369 g/mol. The average Bonchev–Trinajstić information content (AvgIpc) is 3.24. The van der Waals surface area contributed by atoms with Crippen LogP contribution in [0.1, 0.15) is 24.2 Å². The lowest BCUT2D eigenvalue weighted by atomic mass is 9.97. The maximum atomic E-state index is 11.8. The summed E-state index contributed by atoms with van der Waals surface area (Å²) in [5.74, 6) is 1.72. The molecule has 27 heavy (non-hydrogen) atoms. The van der Waals surface area contributed by atoms with Crippen LogP contribution in [-0.2, 0) is 22.5 Å². The van der Waals surface area contributed by atoms with Crippen molar-refractivity contribution < 1.29 is 13.9 Å². The Morgan fingerprint density at radius 1 is 1.22 bits per heavy atom.